The van der Waals surface area contributed by atoms with Gasteiger partial charge in [0.25, 0.3) is 5.69 Å². The largest absolute Gasteiger partial charge is 0.381 e. The molecule has 0 radical (unpaired) electrons. The van der Waals surface area contributed by atoms with Crippen molar-refractivity contribution in [3.05, 3.63) is 33.9 Å². The lowest BCUT2D eigenvalue weighted by Gasteiger charge is -2.18. The molecule has 2 atom stereocenters. The summed E-state index contributed by atoms with van der Waals surface area (Å²) in [5.74, 6) is 0. The number of nitro benzene ring substituents is 1. The molecule has 0 aliphatic heterocycles. The molecule has 2 rings (SSSR count). The van der Waals surface area contributed by atoms with Crippen molar-refractivity contribution in [1.29, 1.82) is 5.26 Å². The fourth-order valence-electron chi connectivity index (χ4n) is 2.26. The fraction of sp³-hybridized carbons (Fsp3) is 0.417. The highest BCUT2D eigenvalue weighted by atomic mass is 16.6. The molecule has 94 valence electrons. The van der Waals surface area contributed by atoms with E-state index in [1.165, 1.54) is 12.1 Å². The Labute approximate surface area is 105 Å². The summed E-state index contributed by atoms with van der Waals surface area (Å²) in [5.41, 5.74) is 6.55. The Morgan fingerprint density at radius 3 is 2.83 bits per heavy atom. The molecule has 0 amide bonds. The third-order valence-corrected chi connectivity index (χ3v) is 3.24. The quantitative estimate of drug-likeness (QED) is 0.624. The van der Waals surface area contributed by atoms with Gasteiger partial charge in [0.2, 0.25) is 0 Å². The molecule has 1 aromatic rings. The molecule has 6 nitrogen and oxygen atoms in total. The standard InChI is InChI=1S/C12H14N4O2/c13-7-8-6-9(4-5-12(8)16(17)18)15-11-3-1-2-10(11)14/h4-6,10-11,15H,1-3,14H2. The van der Waals surface area contributed by atoms with E-state index in [0.29, 0.717) is 5.69 Å². The number of anilines is 1. The Bertz CT molecular complexity index is 509. The van der Waals surface area contributed by atoms with E-state index in [-0.39, 0.29) is 23.3 Å². The highest BCUT2D eigenvalue weighted by Crippen LogP contribution is 2.25. The first-order chi connectivity index (χ1) is 8.61. The molecule has 1 saturated carbocycles. The van der Waals surface area contributed by atoms with E-state index in [1.54, 1.807) is 6.07 Å². The van der Waals surface area contributed by atoms with Crippen LogP contribution in [0.2, 0.25) is 0 Å². The molecule has 3 N–H and O–H groups in total. The van der Waals surface area contributed by atoms with Crippen LogP contribution in [0.15, 0.2) is 18.2 Å². The molecule has 1 aromatic carbocycles. The summed E-state index contributed by atoms with van der Waals surface area (Å²) in [5, 5.41) is 22.8. The summed E-state index contributed by atoms with van der Waals surface area (Å²) in [6.07, 6.45) is 3.05. The van der Waals surface area contributed by atoms with Crippen molar-refractivity contribution in [3.8, 4) is 6.07 Å². The van der Waals surface area contributed by atoms with Gasteiger partial charge in [0, 0.05) is 23.8 Å². The van der Waals surface area contributed by atoms with Crippen LogP contribution in [0.4, 0.5) is 11.4 Å². The van der Waals surface area contributed by atoms with E-state index < -0.39 is 4.92 Å². The summed E-state index contributed by atoms with van der Waals surface area (Å²) in [6.45, 7) is 0. The van der Waals surface area contributed by atoms with Crippen molar-refractivity contribution in [3.63, 3.8) is 0 Å². The second-order valence-corrected chi connectivity index (χ2v) is 4.45. The van der Waals surface area contributed by atoms with E-state index >= 15 is 0 Å². The first-order valence-electron chi connectivity index (χ1n) is 5.82. The third kappa shape index (κ3) is 2.41. The van der Waals surface area contributed by atoms with Crippen molar-refractivity contribution in [1.82, 2.24) is 0 Å². The number of nitrogens with one attached hydrogen (secondary N) is 1. The van der Waals surface area contributed by atoms with Crippen LogP contribution in [0, 0.1) is 21.4 Å². The maximum Gasteiger partial charge on any atom is 0.287 e. The molecule has 1 aliphatic carbocycles. The van der Waals surface area contributed by atoms with Gasteiger partial charge in [-0.25, -0.2) is 0 Å². The Hall–Kier alpha value is -2.13. The lowest BCUT2D eigenvalue weighted by molar-refractivity contribution is -0.385. The van der Waals surface area contributed by atoms with Gasteiger partial charge in [0.15, 0.2) is 0 Å². The summed E-state index contributed by atoms with van der Waals surface area (Å²) >= 11 is 0. The second-order valence-electron chi connectivity index (χ2n) is 4.45. The molecular weight excluding hydrogens is 232 g/mol. The number of benzene rings is 1. The van der Waals surface area contributed by atoms with Crippen LogP contribution in [-0.2, 0) is 0 Å². The molecule has 18 heavy (non-hydrogen) atoms. The molecule has 0 bridgehead atoms. The number of hydrogen-bond donors (Lipinski definition) is 2. The summed E-state index contributed by atoms with van der Waals surface area (Å²) in [6, 6.07) is 6.59. The average Bonchev–Trinajstić information content (AvgIpc) is 2.74. The Morgan fingerprint density at radius 2 is 2.28 bits per heavy atom. The van der Waals surface area contributed by atoms with Gasteiger partial charge in [-0.3, -0.25) is 10.1 Å². The Balaban J connectivity index is 2.20. The number of nitrogens with zero attached hydrogens (tertiary/aromatic N) is 2. The van der Waals surface area contributed by atoms with Gasteiger partial charge >= 0.3 is 0 Å². The summed E-state index contributed by atoms with van der Waals surface area (Å²) < 4.78 is 0. The molecule has 1 aliphatic rings. The Kier molecular flexibility index (Phi) is 3.44. The first kappa shape index (κ1) is 12.3. The van der Waals surface area contributed by atoms with E-state index in [1.807, 2.05) is 6.07 Å². The Morgan fingerprint density at radius 1 is 1.50 bits per heavy atom. The van der Waals surface area contributed by atoms with E-state index in [2.05, 4.69) is 5.32 Å². The van der Waals surface area contributed by atoms with Crippen LogP contribution >= 0.6 is 0 Å². The molecule has 0 aromatic heterocycles. The number of nitro groups is 1. The van der Waals surface area contributed by atoms with Crippen molar-refractivity contribution >= 4 is 11.4 Å². The van der Waals surface area contributed by atoms with Crippen molar-refractivity contribution in [2.24, 2.45) is 5.73 Å². The average molecular weight is 246 g/mol. The lowest BCUT2D eigenvalue weighted by atomic mass is 10.1. The van der Waals surface area contributed by atoms with Crippen LogP contribution in [0.25, 0.3) is 0 Å². The van der Waals surface area contributed by atoms with E-state index in [0.717, 1.165) is 19.3 Å². The van der Waals surface area contributed by atoms with Gasteiger partial charge in [0.05, 0.1) is 4.92 Å². The van der Waals surface area contributed by atoms with E-state index in [9.17, 15) is 10.1 Å². The molecule has 6 heteroatoms. The van der Waals surface area contributed by atoms with Gasteiger partial charge in [-0.05, 0) is 31.4 Å². The first-order valence-corrected chi connectivity index (χ1v) is 5.82. The van der Waals surface area contributed by atoms with Gasteiger partial charge in [-0.1, -0.05) is 0 Å². The lowest BCUT2D eigenvalue weighted by Crippen LogP contribution is -2.35. The number of rotatable bonds is 3. The minimum Gasteiger partial charge on any atom is -0.381 e. The SMILES string of the molecule is N#Cc1cc(NC2CCCC2N)ccc1[N+](=O)[O-]. The maximum atomic E-state index is 10.7. The number of nitriles is 1. The van der Waals surface area contributed by atoms with E-state index in [4.69, 9.17) is 11.0 Å². The zero-order chi connectivity index (χ0) is 13.1. The number of hydrogen-bond acceptors (Lipinski definition) is 5. The predicted octanol–water partition coefficient (Wildman–Crippen LogP) is 1.76. The highest BCUT2D eigenvalue weighted by Gasteiger charge is 2.24. The van der Waals surface area contributed by atoms with Crippen molar-refractivity contribution < 1.29 is 4.92 Å². The molecular formula is C12H14N4O2. The normalized spacial score (nSPS) is 22.4. The van der Waals surface area contributed by atoms with Crippen LogP contribution in [0.3, 0.4) is 0 Å². The monoisotopic (exact) mass is 246 g/mol. The second kappa shape index (κ2) is 5.02. The zero-order valence-corrected chi connectivity index (χ0v) is 9.80. The summed E-state index contributed by atoms with van der Waals surface area (Å²) in [7, 11) is 0. The van der Waals surface area contributed by atoms with Crippen LogP contribution in [0.5, 0.6) is 0 Å². The summed E-state index contributed by atoms with van der Waals surface area (Å²) in [4.78, 5) is 10.2. The van der Waals surface area contributed by atoms with Crippen LogP contribution < -0.4 is 11.1 Å². The van der Waals surface area contributed by atoms with Gasteiger partial charge < -0.3 is 11.1 Å². The fourth-order valence-corrected chi connectivity index (χ4v) is 2.26. The molecule has 1 fully saturated rings. The van der Waals surface area contributed by atoms with Gasteiger partial charge in [0.1, 0.15) is 11.6 Å². The molecule has 0 heterocycles. The van der Waals surface area contributed by atoms with Crippen molar-refractivity contribution in [2.45, 2.75) is 31.3 Å². The minimum absolute atomic E-state index is 0.0663. The van der Waals surface area contributed by atoms with Gasteiger partial charge in [-0.15, -0.1) is 0 Å². The minimum atomic E-state index is -0.552. The predicted molar refractivity (Wildman–Crippen MR) is 67.0 cm³/mol. The number of nitrogens with two attached hydrogens (primary N) is 1. The molecule has 0 spiro atoms. The molecule has 0 saturated heterocycles. The third-order valence-electron chi connectivity index (χ3n) is 3.24. The highest BCUT2D eigenvalue weighted by molar-refractivity contribution is 5.59. The zero-order valence-electron chi connectivity index (χ0n) is 9.80. The van der Waals surface area contributed by atoms with Crippen molar-refractivity contribution in [2.75, 3.05) is 5.32 Å². The maximum absolute atomic E-state index is 10.7. The topological polar surface area (TPSA) is 105 Å². The van der Waals surface area contributed by atoms with Crippen LogP contribution in [-0.4, -0.2) is 17.0 Å². The smallest absolute Gasteiger partial charge is 0.287 e. The van der Waals surface area contributed by atoms with Crippen LogP contribution in [0.1, 0.15) is 24.8 Å². The molecule has 2 unspecified atom stereocenters. The van der Waals surface area contributed by atoms with Gasteiger partial charge in [-0.2, -0.15) is 5.26 Å².